The van der Waals surface area contributed by atoms with Gasteiger partial charge < -0.3 is 14.8 Å². The van der Waals surface area contributed by atoms with E-state index in [1.165, 1.54) is 11.4 Å². The highest BCUT2D eigenvalue weighted by atomic mass is 32.2. The first kappa shape index (κ1) is 18.1. The normalized spacial score (nSPS) is 12.5. The lowest BCUT2D eigenvalue weighted by atomic mass is 10.2. The summed E-state index contributed by atoms with van der Waals surface area (Å²) in [6.07, 6.45) is 3.34. The molecule has 0 amide bonds. The highest BCUT2D eigenvalue weighted by Gasteiger charge is 2.09. The van der Waals surface area contributed by atoms with Crippen LogP contribution in [0.5, 0.6) is 0 Å². The number of rotatable bonds is 10. The third-order valence-corrected chi connectivity index (χ3v) is 4.58. The number of hydrogen-bond acceptors (Lipinski definition) is 4. The van der Waals surface area contributed by atoms with Crippen LogP contribution in [0.1, 0.15) is 33.1 Å². The number of unbranched alkanes of at least 4 members (excludes halogenated alkanes) is 2. The maximum absolute atomic E-state index is 11.5. The Labute approximate surface area is 132 Å². The molecule has 1 rings (SSSR count). The van der Waals surface area contributed by atoms with Gasteiger partial charge in [0.15, 0.2) is 0 Å². The van der Waals surface area contributed by atoms with Crippen LogP contribution < -0.4 is 14.9 Å². The number of anilines is 2. The molecule has 1 aromatic rings. The van der Waals surface area contributed by atoms with Crippen molar-refractivity contribution in [2.24, 2.45) is 0 Å². The summed E-state index contributed by atoms with van der Waals surface area (Å²) >= 11 is -0.884. The maximum Gasteiger partial charge on any atom is 0.129 e. The predicted molar refractivity (Wildman–Crippen MR) is 94.4 cm³/mol. The van der Waals surface area contributed by atoms with Crippen LogP contribution in [0.25, 0.3) is 0 Å². The lowest BCUT2D eigenvalue weighted by molar-refractivity contribution is 0.566. The Morgan fingerprint density at radius 2 is 1.67 bits per heavy atom. The van der Waals surface area contributed by atoms with E-state index < -0.39 is 11.4 Å². The van der Waals surface area contributed by atoms with E-state index >= 15 is 0 Å². The highest BCUT2D eigenvalue weighted by Crippen LogP contribution is 2.15. The zero-order valence-corrected chi connectivity index (χ0v) is 14.5. The van der Waals surface area contributed by atoms with Gasteiger partial charge in [-0.2, -0.15) is 0 Å². The van der Waals surface area contributed by atoms with Crippen molar-refractivity contribution in [2.45, 2.75) is 38.4 Å². The third-order valence-electron chi connectivity index (χ3n) is 3.24. The molecule has 2 N–H and O–H groups in total. The van der Waals surface area contributed by atoms with Gasteiger partial charge in [-0.3, -0.25) is 0 Å². The van der Waals surface area contributed by atoms with Crippen molar-refractivity contribution in [1.82, 2.24) is 4.72 Å². The van der Waals surface area contributed by atoms with E-state index in [1.54, 1.807) is 0 Å². The lowest BCUT2D eigenvalue weighted by Crippen LogP contribution is -2.31. The van der Waals surface area contributed by atoms with Gasteiger partial charge in [0.2, 0.25) is 0 Å². The molecule has 0 radical (unpaired) electrons. The topological polar surface area (TPSA) is 50.4 Å². The van der Waals surface area contributed by atoms with Crippen LogP contribution in [-0.2, 0) is 11.4 Å². The average molecular weight is 311 g/mol. The van der Waals surface area contributed by atoms with E-state index in [9.17, 15) is 4.55 Å². The quantitative estimate of drug-likeness (QED) is 0.515. The van der Waals surface area contributed by atoms with E-state index in [0.717, 1.165) is 32.4 Å². The summed E-state index contributed by atoms with van der Waals surface area (Å²) in [5.41, 5.74) is 2.38. The summed E-state index contributed by atoms with van der Waals surface area (Å²) in [6.45, 7) is 5.75. The summed E-state index contributed by atoms with van der Waals surface area (Å²) in [6, 6.07) is 8.46. The Balaban J connectivity index is 2.06. The van der Waals surface area contributed by atoms with E-state index in [1.807, 2.05) is 27.9 Å². The van der Waals surface area contributed by atoms with Gasteiger partial charge in [-0.1, -0.05) is 6.42 Å². The minimum Gasteiger partial charge on any atom is -0.598 e. The smallest absolute Gasteiger partial charge is 0.129 e. The molecule has 120 valence electrons. The van der Waals surface area contributed by atoms with Crippen molar-refractivity contribution in [2.75, 3.05) is 37.4 Å². The Bertz CT molecular complexity index is 382. The molecule has 0 fully saturated rings. The number of nitrogens with zero attached hydrogens (tertiary/aromatic N) is 1. The van der Waals surface area contributed by atoms with Gasteiger partial charge in [0, 0.05) is 49.9 Å². The molecule has 1 aromatic carbocycles. The van der Waals surface area contributed by atoms with Gasteiger partial charge in [0.25, 0.3) is 0 Å². The standard InChI is InChI=1S/C16H29N3OS/c1-14(2)21(20)18-13-7-5-6-12-17-15-8-10-16(11-9-15)19(3)4/h8-11,14,17-18H,5-7,12-13H2,1-4H3. The molecular weight excluding hydrogens is 282 g/mol. The molecule has 4 nitrogen and oxygen atoms in total. The summed E-state index contributed by atoms with van der Waals surface area (Å²) in [5.74, 6) is 0. The molecule has 1 unspecified atom stereocenters. The van der Waals surface area contributed by atoms with Crippen LogP contribution in [0.3, 0.4) is 0 Å². The number of nitrogens with one attached hydrogen (secondary N) is 2. The Morgan fingerprint density at radius 3 is 2.24 bits per heavy atom. The van der Waals surface area contributed by atoms with Crippen molar-refractivity contribution in [3.8, 4) is 0 Å². The van der Waals surface area contributed by atoms with Crippen molar-refractivity contribution >= 4 is 22.7 Å². The van der Waals surface area contributed by atoms with Crippen LogP contribution >= 0.6 is 0 Å². The Kier molecular flexibility index (Phi) is 8.57. The largest absolute Gasteiger partial charge is 0.598 e. The van der Waals surface area contributed by atoms with Crippen LogP contribution in [0.4, 0.5) is 11.4 Å². The summed E-state index contributed by atoms with van der Waals surface area (Å²) in [7, 11) is 4.09. The average Bonchev–Trinajstić information content (AvgIpc) is 2.46. The van der Waals surface area contributed by atoms with Gasteiger partial charge in [-0.25, -0.2) is 0 Å². The second kappa shape index (κ2) is 9.92. The van der Waals surface area contributed by atoms with Gasteiger partial charge in [-0.05, 0) is 51.0 Å². The molecule has 0 heterocycles. The lowest BCUT2D eigenvalue weighted by Gasteiger charge is -2.14. The molecule has 5 heteroatoms. The summed E-state index contributed by atoms with van der Waals surface area (Å²) in [5, 5.41) is 3.62. The minimum absolute atomic E-state index is 0.191. The van der Waals surface area contributed by atoms with Crippen molar-refractivity contribution in [3.05, 3.63) is 24.3 Å². The van der Waals surface area contributed by atoms with Gasteiger partial charge in [-0.15, -0.1) is 4.72 Å². The number of hydrogen-bond donors (Lipinski definition) is 2. The van der Waals surface area contributed by atoms with E-state index in [0.29, 0.717) is 0 Å². The fourth-order valence-corrected chi connectivity index (χ4v) is 2.56. The summed E-state index contributed by atoms with van der Waals surface area (Å²) < 4.78 is 14.5. The molecule has 0 aromatic heterocycles. The van der Waals surface area contributed by atoms with Crippen LogP contribution in [0.15, 0.2) is 24.3 Å². The molecular formula is C16H29N3OS. The molecule has 0 saturated heterocycles. The number of benzene rings is 1. The van der Waals surface area contributed by atoms with E-state index in [-0.39, 0.29) is 5.25 Å². The van der Waals surface area contributed by atoms with E-state index in [4.69, 9.17) is 0 Å². The van der Waals surface area contributed by atoms with Gasteiger partial charge in [0.1, 0.15) is 5.25 Å². The fourth-order valence-electron chi connectivity index (χ4n) is 1.88. The first-order valence-corrected chi connectivity index (χ1v) is 8.87. The SMILES string of the molecule is CC(C)[S+]([O-])NCCCCCNc1ccc(N(C)C)cc1. The van der Waals surface area contributed by atoms with Crippen LogP contribution in [0, 0.1) is 0 Å². The Morgan fingerprint density at radius 1 is 1.05 bits per heavy atom. The first-order chi connectivity index (χ1) is 10.0. The van der Waals surface area contributed by atoms with Crippen molar-refractivity contribution in [3.63, 3.8) is 0 Å². The van der Waals surface area contributed by atoms with Crippen molar-refractivity contribution in [1.29, 1.82) is 0 Å². The highest BCUT2D eigenvalue weighted by molar-refractivity contribution is 7.90. The van der Waals surface area contributed by atoms with Crippen LogP contribution in [0.2, 0.25) is 0 Å². The molecule has 0 spiro atoms. The molecule has 1 atom stereocenters. The molecule has 0 aliphatic rings. The zero-order chi connectivity index (χ0) is 15.7. The molecule has 0 aliphatic carbocycles. The summed E-state index contributed by atoms with van der Waals surface area (Å²) in [4.78, 5) is 2.10. The monoisotopic (exact) mass is 311 g/mol. The van der Waals surface area contributed by atoms with Crippen LogP contribution in [-0.4, -0.2) is 37.0 Å². The molecule has 0 aliphatic heterocycles. The Hall–Kier alpha value is -0.910. The van der Waals surface area contributed by atoms with Crippen molar-refractivity contribution < 1.29 is 4.55 Å². The predicted octanol–water partition coefficient (Wildman–Crippen LogP) is 3.00. The molecule has 0 saturated carbocycles. The fraction of sp³-hybridized carbons (Fsp3) is 0.625. The van der Waals surface area contributed by atoms with E-state index in [2.05, 4.69) is 39.2 Å². The minimum atomic E-state index is -0.884. The second-order valence-electron chi connectivity index (χ2n) is 5.67. The van der Waals surface area contributed by atoms with Gasteiger partial charge in [0.05, 0.1) is 0 Å². The molecule has 21 heavy (non-hydrogen) atoms. The van der Waals surface area contributed by atoms with Gasteiger partial charge >= 0.3 is 0 Å². The first-order valence-electron chi connectivity index (χ1n) is 7.66. The second-order valence-corrected chi connectivity index (χ2v) is 7.50. The maximum atomic E-state index is 11.5. The molecule has 0 bridgehead atoms. The zero-order valence-electron chi connectivity index (χ0n) is 13.7. The third kappa shape index (κ3) is 7.60.